The van der Waals surface area contributed by atoms with Crippen molar-refractivity contribution < 1.29 is 4.74 Å². The molecule has 1 unspecified atom stereocenters. The van der Waals surface area contributed by atoms with Crippen molar-refractivity contribution in [3.63, 3.8) is 0 Å². The van der Waals surface area contributed by atoms with E-state index in [1.54, 1.807) is 13.3 Å². The van der Waals surface area contributed by atoms with Gasteiger partial charge < -0.3 is 4.74 Å². The lowest BCUT2D eigenvalue weighted by atomic mass is 10.1. The Bertz CT molecular complexity index is 310. The van der Waals surface area contributed by atoms with E-state index < -0.39 is 0 Å². The molecule has 0 aliphatic carbocycles. The first-order valence-corrected chi connectivity index (χ1v) is 6.17. The van der Waals surface area contributed by atoms with E-state index in [2.05, 4.69) is 5.10 Å². The molecular weight excluding hydrogens is 220 g/mol. The van der Waals surface area contributed by atoms with Crippen LogP contribution in [0.3, 0.4) is 0 Å². The Labute approximate surface area is 92.8 Å². The first-order chi connectivity index (χ1) is 6.81. The highest BCUT2D eigenvalue weighted by atomic mass is 35.5. The van der Waals surface area contributed by atoms with Gasteiger partial charge in [0, 0.05) is 6.54 Å². The number of halogens is 1. The number of aromatic nitrogens is 2. The molecule has 2 rings (SSSR count). The minimum absolute atomic E-state index is 0.615. The van der Waals surface area contributed by atoms with Crippen molar-refractivity contribution in [2.45, 2.75) is 13.0 Å². The van der Waals surface area contributed by atoms with Gasteiger partial charge in [-0.2, -0.15) is 16.9 Å². The van der Waals surface area contributed by atoms with Crippen molar-refractivity contribution in [2.75, 3.05) is 18.6 Å². The van der Waals surface area contributed by atoms with Gasteiger partial charge in [0.05, 0.1) is 13.3 Å². The summed E-state index contributed by atoms with van der Waals surface area (Å²) in [6.07, 6.45) is 2.94. The quantitative estimate of drug-likeness (QED) is 0.800. The first-order valence-electron chi connectivity index (χ1n) is 4.64. The van der Waals surface area contributed by atoms with E-state index in [-0.39, 0.29) is 0 Å². The molecule has 0 saturated carbocycles. The highest BCUT2D eigenvalue weighted by molar-refractivity contribution is 7.99. The molecule has 5 heteroatoms. The molecule has 0 aromatic carbocycles. The summed E-state index contributed by atoms with van der Waals surface area (Å²) in [6, 6.07) is 0. The summed E-state index contributed by atoms with van der Waals surface area (Å²) in [5.74, 6) is 3.86. The monoisotopic (exact) mass is 232 g/mol. The van der Waals surface area contributed by atoms with Crippen molar-refractivity contribution in [2.24, 2.45) is 5.92 Å². The Balaban J connectivity index is 2.04. The van der Waals surface area contributed by atoms with Crippen LogP contribution < -0.4 is 4.74 Å². The smallest absolute Gasteiger partial charge is 0.175 e. The fraction of sp³-hybridized carbons (Fsp3) is 0.667. The van der Waals surface area contributed by atoms with Crippen LogP contribution in [0, 0.1) is 5.92 Å². The number of ether oxygens (including phenoxy) is 1. The summed E-state index contributed by atoms with van der Waals surface area (Å²) in [6.45, 7) is 0.912. The van der Waals surface area contributed by atoms with E-state index in [9.17, 15) is 0 Å². The van der Waals surface area contributed by atoms with E-state index >= 15 is 0 Å². The van der Waals surface area contributed by atoms with Crippen LogP contribution in [0.4, 0.5) is 0 Å². The molecule has 0 amide bonds. The normalized spacial score (nSPS) is 21.4. The first kappa shape index (κ1) is 10.2. The standard InChI is InChI=1S/C9H13ClN2OS/c1-13-8-4-11-12(9(8)10)5-7-2-3-14-6-7/h4,7H,2-3,5-6H2,1H3. The van der Waals surface area contributed by atoms with Gasteiger partial charge in [0.15, 0.2) is 10.9 Å². The van der Waals surface area contributed by atoms with Gasteiger partial charge in [0.25, 0.3) is 0 Å². The number of thioether (sulfide) groups is 1. The molecule has 3 nitrogen and oxygen atoms in total. The zero-order valence-corrected chi connectivity index (χ0v) is 9.64. The number of hydrogen-bond donors (Lipinski definition) is 0. The van der Waals surface area contributed by atoms with Crippen molar-refractivity contribution in [1.29, 1.82) is 0 Å². The number of nitrogens with zero attached hydrogens (tertiary/aromatic N) is 2. The minimum Gasteiger partial charge on any atom is -0.492 e. The molecule has 2 heterocycles. The molecule has 1 fully saturated rings. The zero-order valence-electron chi connectivity index (χ0n) is 8.07. The van der Waals surface area contributed by atoms with Crippen LogP contribution in [0.2, 0.25) is 5.15 Å². The van der Waals surface area contributed by atoms with Gasteiger partial charge in [-0.1, -0.05) is 11.6 Å². The van der Waals surface area contributed by atoms with Gasteiger partial charge in [-0.3, -0.25) is 4.68 Å². The fourth-order valence-electron chi connectivity index (χ4n) is 1.59. The van der Waals surface area contributed by atoms with Crippen molar-refractivity contribution in [1.82, 2.24) is 9.78 Å². The SMILES string of the molecule is COc1cnn(CC2CCSC2)c1Cl. The number of methoxy groups -OCH3 is 1. The van der Waals surface area contributed by atoms with Crippen LogP contribution in [0.15, 0.2) is 6.20 Å². The lowest BCUT2D eigenvalue weighted by Crippen LogP contribution is -2.11. The van der Waals surface area contributed by atoms with E-state index in [0.29, 0.717) is 16.8 Å². The minimum atomic E-state index is 0.615. The average molecular weight is 233 g/mol. The van der Waals surface area contributed by atoms with E-state index in [1.165, 1.54) is 17.9 Å². The summed E-state index contributed by atoms with van der Waals surface area (Å²) in [5.41, 5.74) is 0. The summed E-state index contributed by atoms with van der Waals surface area (Å²) in [5, 5.41) is 4.82. The maximum absolute atomic E-state index is 6.07. The third kappa shape index (κ3) is 2.01. The van der Waals surface area contributed by atoms with Crippen LogP contribution >= 0.6 is 23.4 Å². The molecule has 1 aromatic heterocycles. The molecule has 1 saturated heterocycles. The summed E-state index contributed by atoms with van der Waals surface area (Å²) >= 11 is 8.08. The second-order valence-electron chi connectivity index (χ2n) is 3.42. The van der Waals surface area contributed by atoms with Gasteiger partial charge in [-0.05, 0) is 23.8 Å². The average Bonchev–Trinajstić information content (AvgIpc) is 2.79. The fourth-order valence-corrected chi connectivity index (χ4v) is 3.10. The predicted octanol–water partition coefficient (Wildman–Crippen LogP) is 2.30. The molecule has 1 atom stereocenters. The molecule has 0 spiro atoms. The number of hydrogen-bond acceptors (Lipinski definition) is 3. The van der Waals surface area contributed by atoms with Crippen molar-refractivity contribution >= 4 is 23.4 Å². The van der Waals surface area contributed by atoms with Gasteiger partial charge in [0.2, 0.25) is 0 Å². The molecule has 14 heavy (non-hydrogen) atoms. The number of rotatable bonds is 3. The van der Waals surface area contributed by atoms with Crippen LogP contribution in [0.5, 0.6) is 5.75 Å². The van der Waals surface area contributed by atoms with Crippen molar-refractivity contribution in [3.05, 3.63) is 11.3 Å². The molecule has 78 valence electrons. The zero-order chi connectivity index (χ0) is 9.97. The Hall–Kier alpha value is -0.350. The van der Waals surface area contributed by atoms with Gasteiger partial charge in [-0.15, -0.1) is 0 Å². The molecule has 0 N–H and O–H groups in total. The highest BCUT2D eigenvalue weighted by Gasteiger charge is 2.18. The molecule has 0 radical (unpaired) electrons. The van der Waals surface area contributed by atoms with Crippen LogP contribution in [0.25, 0.3) is 0 Å². The largest absolute Gasteiger partial charge is 0.492 e. The second kappa shape index (κ2) is 4.45. The Morgan fingerprint density at radius 1 is 1.79 bits per heavy atom. The van der Waals surface area contributed by atoms with E-state index in [0.717, 1.165) is 6.54 Å². The van der Waals surface area contributed by atoms with E-state index in [1.807, 2.05) is 16.4 Å². The molecule has 1 aromatic rings. The van der Waals surface area contributed by atoms with Gasteiger partial charge >= 0.3 is 0 Å². The third-order valence-corrected chi connectivity index (χ3v) is 4.03. The molecule has 0 bridgehead atoms. The Morgan fingerprint density at radius 3 is 3.21 bits per heavy atom. The van der Waals surface area contributed by atoms with E-state index in [4.69, 9.17) is 16.3 Å². The van der Waals surface area contributed by atoms with Gasteiger partial charge in [-0.25, -0.2) is 0 Å². The van der Waals surface area contributed by atoms with Crippen LogP contribution in [-0.2, 0) is 6.54 Å². The lowest BCUT2D eigenvalue weighted by molar-refractivity contribution is 0.411. The Morgan fingerprint density at radius 2 is 2.64 bits per heavy atom. The van der Waals surface area contributed by atoms with Crippen molar-refractivity contribution in [3.8, 4) is 5.75 Å². The Kier molecular flexibility index (Phi) is 3.23. The van der Waals surface area contributed by atoms with Gasteiger partial charge in [0.1, 0.15) is 0 Å². The highest BCUT2D eigenvalue weighted by Crippen LogP contribution is 2.28. The van der Waals surface area contributed by atoms with Crippen LogP contribution in [-0.4, -0.2) is 28.4 Å². The molecule has 1 aliphatic heterocycles. The summed E-state index contributed by atoms with van der Waals surface area (Å²) in [7, 11) is 1.61. The third-order valence-electron chi connectivity index (χ3n) is 2.42. The topological polar surface area (TPSA) is 27.1 Å². The van der Waals surface area contributed by atoms with Crippen LogP contribution in [0.1, 0.15) is 6.42 Å². The predicted molar refractivity (Wildman–Crippen MR) is 59.2 cm³/mol. The summed E-state index contributed by atoms with van der Waals surface area (Å²) < 4.78 is 6.90. The maximum Gasteiger partial charge on any atom is 0.175 e. The summed E-state index contributed by atoms with van der Waals surface area (Å²) in [4.78, 5) is 0. The second-order valence-corrected chi connectivity index (χ2v) is 4.92. The molecule has 1 aliphatic rings. The molecular formula is C9H13ClN2OS. The maximum atomic E-state index is 6.07. The lowest BCUT2D eigenvalue weighted by Gasteiger charge is -2.08.